The Bertz CT molecular complexity index is 1020. The fourth-order valence-electron chi connectivity index (χ4n) is 2.42. The van der Waals surface area contributed by atoms with Crippen LogP contribution in [0.15, 0.2) is 36.7 Å². The van der Waals surface area contributed by atoms with Crippen LogP contribution in [0, 0.1) is 5.82 Å². The van der Waals surface area contributed by atoms with Crippen molar-refractivity contribution < 1.29 is 23.8 Å². The second kappa shape index (κ2) is 10.3. The summed E-state index contributed by atoms with van der Waals surface area (Å²) in [7, 11) is 0. The van der Waals surface area contributed by atoms with Gasteiger partial charge in [0.15, 0.2) is 6.61 Å². The highest BCUT2D eigenvalue weighted by atomic mass is 35.5. The molecule has 0 bridgehead atoms. The first-order valence-corrected chi connectivity index (χ1v) is 10.1. The van der Waals surface area contributed by atoms with Gasteiger partial charge in [-0.1, -0.05) is 11.6 Å². The lowest BCUT2D eigenvalue weighted by Crippen LogP contribution is -2.37. The monoisotopic (exact) mass is 452 g/mol. The van der Waals surface area contributed by atoms with Gasteiger partial charge in [-0.15, -0.1) is 11.3 Å². The average Bonchev–Trinajstić information content (AvgIpc) is 3.17. The fraction of sp³-hybridized carbons (Fsp3) is 0.263. The molecule has 8 nitrogen and oxygen atoms in total. The molecular formula is C19H18ClFN4O4S. The number of nitrogens with zero attached hydrogens (tertiary/aromatic N) is 2. The summed E-state index contributed by atoms with van der Waals surface area (Å²) < 4.78 is 18.5. The Kier molecular flexibility index (Phi) is 7.50. The van der Waals surface area contributed by atoms with Crippen molar-refractivity contribution >= 4 is 45.1 Å². The molecule has 0 aliphatic carbocycles. The maximum Gasteiger partial charge on any atom is 0.261 e. The van der Waals surface area contributed by atoms with E-state index in [2.05, 4.69) is 20.6 Å². The third-order valence-corrected chi connectivity index (χ3v) is 5.29. The highest BCUT2D eigenvalue weighted by Crippen LogP contribution is 2.21. The van der Waals surface area contributed by atoms with Gasteiger partial charge in [-0.25, -0.2) is 9.37 Å². The highest BCUT2D eigenvalue weighted by Gasteiger charge is 2.13. The van der Waals surface area contributed by atoms with Gasteiger partial charge in [-0.3, -0.25) is 14.6 Å². The number of aliphatic hydroxyl groups excluding tert-OH is 1. The van der Waals surface area contributed by atoms with Crippen molar-refractivity contribution in [3.8, 4) is 5.75 Å². The molecule has 0 aliphatic heterocycles. The molecule has 0 fully saturated rings. The fourth-order valence-corrected chi connectivity index (χ4v) is 3.41. The Labute approximate surface area is 180 Å². The van der Waals surface area contributed by atoms with Crippen molar-refractivity contribution in [2.75, 3.05) is 19.7 Å². The number of carbonyl (C=O) groups is 2. The number of hydrogen-bond donors (Lipinski definition) is 3. The number of rotatable bonds is 9. The van der Waals surface area contributed by atoms with Crippen LogP contribution in [0.25, 0.3) is 10.3 Å². The second-order valence-corrected chi connectivity index (χ2v) is 7.66. The molecule has 0 radical (unpaired) electrons. The minimum absolute atomic E-state index is 0.0101. The summed E-state index contributed by atoms with van der Waals surface area (Å²) in [6.45, 7) is -0.117. The lowest BCUT2D eigenvalue weighted by atomic mass is 10.2. The first kappa shape index (κ1) is 21.9. The van der Waals surface area contributed by atoms with E-state index in [4.69, 9.17) is 16.3 Å². The Morgan fingerprint density at radius 1 is 1.23 bits per heavy atom. The molecule has 11 heteroatoms. The maximum absolute atomic E-state index is 13.3. The molecule has 30 heavy (non-hydrogen) atoms. The molecule has 0 saturated heterocycles. The first-order chi connectivity index (χ1) is 14.4. The van der Waals surface area contributed by atoms with Crippen LogP contribution in [-0.2, 0) is 4.79 Å². The zero-order chi connectivity index (χ0) is 21.5. The van der Waals surface area contributed by atoms with E-state index in [1.807, 2.05) is 0 Å². The van der Waals surface area contributed by atoms with Gasteiger partial charge in [0, 0.05) is 31.5 Å². The number of benzene rings is 1. The number of amides is 2. The third kappa shape index (κ3) is 6.09. The standard InChI is InChI=1S/C19H18ClFN4O4S/c20-13-2-1-12(7-14(13)21)29-10-17(27)25-9-11(26)3-4-23-18(28)16-8-15-19(30-16)24-6-5-22-15/h1-2,5-8,11,26H,3-4,9-10H2,(H,23,28)(H,25,27). The normalized spacial score (nSPS) is 11.8. The molecule has 3 aromatic rings. The maximum atomic E-state index is 13.3. The summed E-state index contributed by atoms with van der Waals surface area (Å²) >= 11 is 6.81. The molecule has 0 saturated carbocycles. The molecule has 1 aromatic carbocycles. The lowest BCUT2D eigenvalue weighted by Gasteiger charge is -2.13. The second-order valence-electron chi connectivity index (χ2n) is 6.22. The molecule has 0 aliphatic rings. The van der Waals surface area contributed by atoms with E-state index in [1.54, 1.807) is 18.5 Å². The van der Waals surface area contributed by atoms with Gasteiger partial charge < -0.3 is 20.5 Å². The van der Waals surface area contributed by atoms with Crippen molar-refractivity contribution in [2.24, 2.45) is 0 Å². The molecule has 2 amide bonds. The van der Waals surface area contributed by atoms with Crippen molar-refractivity contribution in [3.05, 3.63) is 52.4 Å². The SMILES string of the molecule is O=C(COc1ccc(Cl)c(F)c1)NCC(O)CCNC(=O)c1cc2nccnc2s1. The van der Waals surface area contributed by atoms with E-state index in [-0.39, 0.29) is 42.8 Å². The Morgan fingerprint density at radius 2 is 2.03 bits per heavy atom. The molecular weight excluding hydrogens is 435 g/mol. The predicted molar refractivity (Wildman–Crippen MR) is 110 cm³/mol. The van der Waals surface area contributed by atoms with E-state index >= 15 is 0 Å². The minimum atomic E-state index is -0.854. The van der Waals surface area contributed by atoms with Crippen LogP contribution in [0.4, 0.5) is 4.39 Å². The number of aliphatic hydroxyl groups is 1. The van der Waals surface area contributed by atoms with Gasteiger partial charge in [-0.05, 0) is 24.6 Å². The highest BCUT2D eigenvalue weighted by molar-refractivity contribution is 7.20. The number of hydrogen-bond acceptors (Lipinski definition) is 7. The van der Waals surface area contributed by atoms with Crippen LogP contribution in [0.3, 0.4) is 0 Å². The lowest BCUT2D eigenvalue weighted by molar-refractivity contribution is -0.123. The predicted octanol–water partition coefficient (Wildman–Crippen LogP) is 2.16. The summed E-state index contributed by atoms with van der Waals surface area (Å²) in [5.41, 5.74) is 0.652. The Balaban J connectivity index is 1.34. The largest absolute Gasteiger partial charge is 0.484 e. The van der Waals surface area contributed by atoms with E-state index in [0.29, 0.717) is 15.2 Å². The average molecular weight is 453 g/mol. The molecule has 2 heterocycles. The van der Waals surface area contributed by atoms with Crippen molar-refractivity contribution in [1.29, 1.82) is 0 Å². The number of thiophene rings is 1. The third-order valence-electron chi connectivity index (χ3n) is 3.95. The van der Waals surface area contributed by atoms with Crippen LogP contribution in [0.5, 0.6) is 5.75 Å². The van der Waals surface area contributed by atoms with Crippen LogP contribution in [0.2, 0.25) is 5.02 Å². The minimum Gasteiger partial charge on any atom is -0.484 e. The molecule has 1 unspecified atom stereocenters. The van der Waals surface area contributed by atoms with Gasteiger partial charge in [-0.2, -0.15) is 0 Å². The van der Waals surface area contributed by atoms with E-state index < -0.39 is 17.8 Å². The van der Waals surface area contributed by atoms with Crippen molar-refractivity contribution in [2.45, 2.75) is 12.5 Å². The van der Waals surface area contributed by atoms with E-state index in [1.165, 1.54) is 23.5 Å². The number of aromatic nitrogens is 2. The summed E-state index contributed by atoms with van der Waals surface area (Å²) in [5.74, 6) is -1.23. The van der Waals surface area contributed by atoms with Gasteiger partial charge >= 0.3 is 0 Å². The zero-order valence-corrected chi connectivity index (χ0v) is 17.2. The molecule has 158 valence electrons. The molecule has 3 N–H and O–H groups in total. The first-order valence-electron chi connectivity index (χ1n) is 8.93. The molecule has 3 rings (SSSR count). The summed E-state index contributed by atoms with van der Waals surface area (Å²) in [6.07, 6.45) is 2.51. The van der Waals surface area contributed by atoms with E-state index in [0.717, 1.165) is 6.07 Å². The van der Waals surface area contributed by atoms with Crippen molar-refractivity contribution in [1.82, 2.24) is 20.6 Å². The van der Waals surface area contributed by atoms with E-state index in [9.17, 15) is 19.1 Å². The summed E-state index contributed by atoms with van der Waals surface area (Å²) in [4.78, 5) is 33.4. The zero-order valence-electron chi connectivity index (χ0n) is 15.6. The smallest absolute Gasteiger partial charge is 0.261 e. The molecule has 1 atom stereocenters. The number of halogens is 2. The molecule has 0 spiro atoms. The van der Waals surface area contributed by atoms with Gasteiger partial charge in [0.2, 0.25) is 0 Å². The summed E-state index contributed by atoms with van der Waals surface area (Å²) in [6, 6.07) is 5.51. The quantitative estimate of drug-likeness (QED) is 0.458. The number of fused-ring (bicyclic) bond motifs is 1. The van der Waals surface area contributed by atoms with Gasteiger partial charge in [0.05, 0.1) is 16.0 Å². The van der Waals surface area contributed by atoms with Crippen LogP contribution < -0.4 is 15.4 Å². The molecule has 2 aromatic heterocycles. The Morgan fingerprint density at radius 3 is 2.80 bits per heavy atom. The van der Waals surface area contributed by atoms with Crippen LogP contribution in [0.1, 0.15) is 16.1 Å². The Hall–Kier alpha value is -2.82. The number of nitrogens with one attached hydrogen (secondary N) is 2. The van der Waals surface area contributed by atoms with Crippen LogP contribution >= 0.6 is 22.9 Å². The number of ether oxygens (including phenoxy) is 1. The topological polar surface area (TPSA) is 113 Å². The number of carbonyl (C=O) groups excluding carboxylic acids is 2. The van der Waals surface area contributed by atoms with Crippen molar-refractivity contribution in [3.63, 3.8) is 0 Å². The van der Waals surface area contributed by atoms with Gasteiger partial charge in [0.25, 0.3) is 11.8 Å². The summed E-state index contributed by atoms with van der Waals surface area (Å²) in [5, 5.41) is 15.1. The van der Waals surface area contributed by atoms with Gasteiger partial charge in [0.1, 0.15) is 21.9 Å². The van der Waals surface area contributed by atoms with Crippen LogP contribution in [-0.4, -0.2) is 52.7 Å².